The molecule has 0 spiro atoms. The van der Waals surface area contributed by atoms with Gasteiger partial charge in [-0.1, -0.05) is 13.8 Å². The number of hydrogen-bond donors (Lipinski definition) is 1. The zero-order valence-electron chi connectivity index (χ0n) is 12.5. The summed E-state index contributed by atoms with van der Waals surface area (Å²) in [5, 5.41) is 3.17. The summed E-state index contributed by atoms with van der Waals surface area (Å²) >= 11 is 0. The molecule has 5 heteroatoms. The van der Waals surface area contributed by atoms with Gasteiger partial charge in [-0.2, -0.15) is 0 Å². The van der Waals surface area contributed by atoms with Gasteiger partial charge in [0, 0.05) is 38.7 Å². The summed E-state index contributed by atoms with van der Waals surface area (Å²) < 4.78 is 5.44. The molecule has 1 aromatic heterocycles. The molecule has 2 rings (SSSR count). The standard InChI is InChI=1S/C14H24N4O/c1-9(2)12-16-13(15-4)10(3)14(17-12)18-7-6-11(8-18)19-5/h9,11H,6-8H2,1-5H3,(H,15,16,17). The maximum absolute atomic E-state index is 5.44. The highest BCUT2D eigenvalue weighted by Crippen LogP contribution is 2.28. The third kappa shape index (κ3) is 2.81. The van der Waals surface area contributed by atoms with E-state index in [1.807, 2.05) is 7.05 Å². The number of hydrogen-bond acceptors (Lipinski definition) is 5. The van der Waals surface area contributed by atoms with E-state index in [0.717, 1.165) is 42.5 Å². The number of aromatic nitrogens is 2. The van der Waals surface area contributed by atoms with Crippen molar-refractivity contribution in [2.45, 2.75) is 39.2 Å². The molecule has 1 aliphatic heterocycles. The van der Waals surface area contributed by atoms with Crippen LogP contribution in [0.4, 0.5) is 11.6 Å². The lowest BCUT2D eigenvalue weighted by atomic mass is 10.2. The molecule has 0 saturated carbocycles. The maximum Gasteiger partial charge on any atom is 0.137 e. The van der Waals surface area contributed by atoms with E-state index >= 15 is 0 Å². The van der Waals surface area contributed by atoms with Crippen LogP contribution in [0.25, 0.3) is 0 Å². The average Bonchev–Trinajstić information content (AvgIpc) is 2.87. The zero-order chi connectivity index (χ0) is 14.0. The van der Waals surface area contributed by atoms with Crippen LogP contribution >= 0.6 is 0 Å². The quantitative estimate of drug-likeness (QED) is 0.903. The Balaban J connectivity index is 2.36. The van der Waals surface area contributed by atoms with Crippen LogP contribution in [0.1, 0.15) is 37.6 Å². The van der Waals surface area contributed by atoms with Gasteiger partial charge in [-0.25, -0.2) is 9.97 Å². The van der Waals surface area contributed by atoms with Gasteiger partial charge in [0.05, 0.1) is 6.10 Å². The summed E-state index contributed by atoms with van der Waals surface area (Å²) in [6.45, 7) is 8.23. The van der Waals surface area contributed by atoms with E-state index in [4.69, 9.17) is 9.72 Å². The number of nitrogens with one attached hydrogen (secondary N) is 1. The molecule has 0 amide bonds. The molecule has 19 heavy (non-hydrogen) atoms. The van der Waals surface area contributed by atoms with Crippen molar-refractivity contribution in [1.82, 2.24) is 9.97 Å². The Morgan fingerprint density at radius 1 is 1.37 bits per heavy atom. The van der Waals surface area contributed by atoms with E-state index in [1.54, 1.807) is 7.11 Å². The van der Waals surface area contributed by atoms with Crippen LogP contribution in [0.2, 0.25) is 0 Å². The number of ether oxygens (including phenoxy) is 1. The predicted octanol–water partition coefficient (Wildman–Crippen LogP) is 2.18. The summed E-state index contributed by atoms with van der Waals surface area (Å²) in [6.07, 6.45) is 1.38. The summed E-state index contributed by atoms with van der Waals surface area (Å²) in [7, 11) is 3.69. The molecule has 0 radical (unpaired) electrons. The van der Waals surface area contributed by atoms with E-state index in [2.05, 4.69) is 36.0 Å². The first-order valence-electron chi connectivity index (χ1n) is 6.90. The molecular formula is C14H24N4O. The molecule has 2 heterocycles. The minimum absolute atomic E-state index is 0.315. The molecule has 1 fully saturated rings. The third-order valence-electron chi connectivity index (χ3n) is 3.67. The second kappa shape index (κ2) is 5.74. The lowest BCUT2D eigenvalue weighted by Crippen LogP contribution is -2.25. The van der Waals surface area contributed by atoms with E-state index in [0.29, 0.717) is 12.0 Å². The molecular weight excluding hydrogens is 240 g/mol. The van der Waals surface area contributed by atoms with Gasteiger partial charge in [-0.3, -0.25) is 0 Å². The van der Waals surface area contributed by atoms with E-state index in [9.17, 15) is 0 Å². The fraction of sp³-hybridized carbons (Fsp3) is 0.714. The second-order valence-corrected chi connectivity index (χ2v) is 5.38. The highest BCUT2D eigenvalue weighted by Gasteiger charge is 2.26. The second-order valence-electron chi connectivity index (χ2n) is 5.38. The number of nitrogens with zero attached hydrogens (tertiary/aromatic N) is 3. The van der Waals surface area contributed by atoms with Crippen molar-refractivity contribution >= 4 is 11.6 Å². The summed E-state index contributed by atoms with van der Waals surface area (Å²) in [4.78, 5) is 11.6. The van der Waals surface area contributed by atoms with Gasteiger partial charge in [-0.15, -0.1) is 0 Å². The summed E-state index contributed by atoms with van der Waals surface area (Å²) in [6, 6.07) is 0. The maximum atomic E-state index is 5.44. The van der Waals surface area contributed by atoms with Gasteiger partial charge in [0.2, 0.25) is 0 Å². The average molecular weight is 264 g/mol. The Morgan fingerprint density at radius 3 is 2.63 bits per heavy atom. The van der Waals surface area contributed by atoms with Crippen LogP contribution < -0.4 is 10.2 Å². The van der Waals surface area contributed by atoms with E-state index in [1.165, 1.54) is 0 Å². The molecule has 1 aliphatic rings. The highest BCUT2D eigenvalue weighted by atomic mass is 16.5. The van der Waals surface area contributed by atoms with Gasteiger partial charge < -0.3 is 15.0 Å². The van der Waals surface area contributed by atoms with Crippen molar-refractivity contribution in [2.24, 2.45) is 0 Å². The van der Waals surface area contributed by atoms with Crippen molar-refractivity contribution in [3.05, 3.63) is 11.4 Å². The van der Waals surface area contributed by atoms with Crippen LogP contribution in [0.3, 0.4) is 0 Å². The lowest BCUT2D eigenvalue weighted by molar-refractivity contribution is 0.121. The summed E-state index contributed by atoms with van der Waals surface area (Å²) in [5.41, 5.74) is 1.11. The minimum atomic E-state index is 0.315. The zero-order valence-corrected chi connectivity index (χ0v) is 12.5. The Morgan fingerprint density at radius 2 is 2.11 bits per heavy atom. The van der Waals surface area contributed by atoms with Crippen LogP contribution in [-0.4, -0.2) is 43.3 Å². The molecule has 1 unspecified atom stereocenters. The summed E-state index contributed by atoms with van der Waals surface area (Å²) in [5.74, 6) is 3.19. The van der Waals surface area contributed by atoms with Crippen molar-refractivity contribution in [2.75, 3.05) is 37.5 Å². The molecule has 1 N–H and O–H groups in total. The Kier molecular flexibility index (Phi) is 4.24. The van der Waals surface area contributed by atoms with Crippen LogP contribution in [0, 0.1) is 6.92 Å². The fourth-order valence-corrected chi connectivity index (χ4v) is 2.44. The normalized spacial score (nSPS) is 19.3. The Bertz CT molecular complexity index is 447. The van der Waals surface area contributed by atoms with Gasteiger partial charge in [0.1, 0.15) is 17.5 Å². The highest BCUT2D eigenvalue weighted by molar-refractivity contribution is 5.59. The Hall–Kier alpha value is -1.36. The first-order valence-corrected chi connectivity index (χ1v) is 6.90. The number of anilines is 2. The van der Waals surface area contributed by atoms with Crippen LogP contribution in [-0.2, 0) is 4.74 Å². The SMILES string of the molecule is CNc1nc(C(C)C)nc(N2CCC(OC)C2)c1C. The van der Waals surface area contributed by atoms with Gasteiger partial charge in [0.25, 0.3) is 0 Å². The molecule has 106 valence electrons. The lowest BCUT2D eigenvalue weighted by Gasteiger charge is -2.22. The molecule has 1 aromatic rings. The third-order valence-corrected chi connectivity index (χ3v) is 3.67. The van der Waals surface area contributed by atoms with E-state index in [-0.39, 0.29) is 0 Å². The largest absolute Gasteiger partial charge is 0.380 e. The van der Waals surface area contributed by atoms with Crippen molar-refractivity contribution in [3.8, 4) is 0 Å². The molecule has 1 atom stereocenters. The van der Waals surface area contributed by atoms with Gasteiger partial charge in [0.15, 0.2) is 0 Å². The minimum Gasteiger partial charge on any atom is -0.380 e. The number of rotatable bonds is 4. The molecule has 1 saturated heterocycles. The molecule has 0 aliphatic carbocycles. The van der Waals surface area contributed by atoms with Crippen LogP contribution in [0.15, 0.2) is 0 Å². The van der Waals surface area contributed by atoms with Gasteiger partial charge in [-0.05, 0) is 13.3 Å². The molecule has 5 nitrogen and oxygen atoms in total. The van der Waals surface area contributed by atoms with Gasteiger partial charge >= 0.3 is 0 Å². The molecule has 0 bridgehead atoms. The molecule has 0 aromatic carbocycles. The van der Waals surface area contributed by atoms with E-state index < -0.39 is 0 Å². The first kappa shape index (κ1) is 14.1. The van der Waals surface area contributed by atoms with Crippen molar-refractivity contribution in [1.29, 1.82) is 0 Å². The smallest absolute Gasteiger partial charge is 0.137 e. The Labute approximate surface area is 115 Å². The van der Waals surface area contributed by atoms with Crippen molar-refractivity contribution < 1.29 is 4.74 Å². The fourth-order valence-electron chi connectivity index (χ4n) is 2.44. The first-order chi connectivity index (χ1) is 9.06. The number of methoxy groups -OCH3 is 1. The monoisotopic (exact) mass is 264 g/mol. The van der Waals surface area contributed by atoms with Crippen molar-refractivity contribution in [3.63, 3.8) is 0 Å². The predicted molar refractivity (Wildman–Crippen MR) is 78.0 cm³/mol. The van der Waals surface area contributed by atoms with Crippen LogP contribution in [0.5, 0.6) is 0 Å². The topological polar surface area (TPSA) is 50.3 Å².